The first-order valence-electron chi connectivity index (χ1n) is 6.31. The molecule has 1 rings (SSSR count). The molecule has 0 saturated carbocycles. The number of hydrogen-bond acceptors (Lipinski definition) is 6. The van der Waals surface area contributed by atoms with Crippen LogP contribution >= 0.6 is 12.4 Å². The van der Waals surface area contributed by atoms with Gasteiger partial charge in [0.05, 0.1) is 9.82 Å². The molecule has 126 valence electrons. The summed E-state index contributed by atoms with van der Waals surface area (Å²) < 4.78 is 26.2. The number of halogens is 1. The minimum Gasteiger partial charge on any atom is -0.324 e. The number of non-ortho nitro benzene ring substituents is 1. The van der Waals surface area contributed by atoms with Crippen LogP contribution in [0.3, 0.4) is 0 Å². The zero-order chi connectivity index (χ0) is 16.2. The van der Waals surface area contributed by atoms with Gasteiger partial charge in [-0.15, -0.1) is 12.4 Å². The van der Waals surface area contributed by atoms with Crippen molar-refractivity contribution in [1.82, 2.24) is 9.62 Å². The number of sulfonamides is 1. The van der Waals surface area contributed by atoms with Gasteiger partial charge in [-0.05, 0) is 45.7 Å². The van der Waals surface area contributed by atoms with Crippen LogP contribution in [0.15, 0.2) is 23.1 Å². The molecule has 0 aliphatic heterocycles. The summed E-state index contributed by atoms with van der Waals surface area (Å²) in [6.45, 7) is 0.678. The second kappa shape index (κ2) is 8.39. The van der Waals surface area contributed by atoms with Crippen LogP contribution in [0.25, 0.3) is 0 Å². The summed E-state index contributed by atoms with van der Waals surface area (Å²) in [6.07, 6.45) is 0.539. The third-order valence-electron chi connectivity index (χ3n) is 3.05. The molecular formula is C12H21ClN4O4S. The zero-order valence-corrected chi connectivity index (χ0v) is 14.3. The van der Waals surface area contributed by atoms with Gasteiger partial charge in [-0.3, -0.25) is 10.1 Å². The van der Waals surface area contributed by atoms with Gasteiger partial charge in [0.1, 0.15) is 0 Å². The van der Waals surface area contributed by atoms with E-state index in [0.29, 0.717) is 18.5 Å². The SMILES string of the molecule is CNS(=O)(=O)c1cc([N+](=O)[O-])ccc1C(N)CCN(C)C.Cl. The monoisotopic (exact) mass is 352 g/mol. The van der Waals surface area contributed by atoms with Gasteiger partial charge in [0, 0.05) is 18.2 Å². The molecule has 0 amide bonds. The Bertz CT molecular complexity index is 622. The van der Waals surface area contributed by atoms with E-state index in [4.69, 9.17) is 5.73 Å². The average molecular weight is 353 g/mol. The largest absolute Gasteiger partial charge is 0.324 e. The van der Waals surface area contributed by atoms with E-state index < -0.39 is 21.0 Å². The van der Waals surface area contributed by atoms with E-state index in [2.05, 4.69) is 4.72 Å². The zero-order valence-electron chi connectivity index (χ0n) is 12.6. The Morgan fingerprint density at radius 1 is 1.41 bits per heavy atom. The van der Waals surface area contributed by atoms with Gasteiger partial charge in [-0.1, -0.05) is 0 Å². The molecule has 1 atom stereocenters. The van der Waals surface area contributed by atoms with E-state index in [1.807, 2.05) is 19.0 Å². The van der Waals surface area contributed by atoms with Crippen LogP contribution < -0.4 is 10.5 Å². The number of nitrogens with one attached hydrogen (secondary N) is 1. The van der Waals surface area contributed by atoms with Crippen LogP contribution in [0.1, 0.15) is 18.0 Å². The molecule has 22 heavy (non-hydrogen) atoms. The first-order chi connectivity index (χ1) is 9.69. The lowest BCUT2D eigenvalue weighted by atomic mass is 10.0. The maximum atomic E-state index is 12.0. The molecule has 1 aromatic rings. The van der Waals surface area contributed by atoms with E-state index in [1.54, 1.807) is 0 Å². The summed E-state index contributed by atoms with van der Waals surface area (Å²) in [6, 6.07) is 3.19. The second-order valence-corrected chi connectivity index (χ2v) is 6.74. The molecule has 0 radical (unpaired) electrons. The van der Waals surface area contributed by atoms with Gasteiger partial charge in [0.15, 0.2) is 0 Å². The lowest BCUT2D eigenvalue weighted by Crippen LogP contribution is -2.25. The molecule has 0 aliphatic carbocycles. The Labute approximate surface area is 136 Å². The Balaban J connectivity index is 0.00000441. The van der Waals surface area contributed by atoms with Crippen molar-refractivity contribution in [3.63, 3.8) is 0 Å². The van der Waals surface area contributed by atoms with Crippen LogP contribution in [-0.2, 0) is 10.0 Å². The highest BCUT2D eigenvalue weighted by Crippen LogP contribution is 2.27. The van der Waals surface area contributed by atoms with Crippen LogP contribution in [0.2, 0.25) is 0 Å². The van der Waals surface area contributed by atoms with E-state index in [-0.39, 0.29) is 23.0 Å². The molecule has 0 bridgehead atoms. The fourth-order valence-electron chi connectivity index (χ4n) is 1.84. The minimum atomic E-state index is -3.82. The van der Waals surface area contributed by atoms with Gasteiger partial charge < -0.3 is 10.6 Å². The molecule has 3 N–H and O–H groups in total. The lowest BCUT2D eigenvalue weighted by molar-refractivity contribution is -0.385. The van der Waals surface area contributed by atoms with Crippen LogP contribution in [0.4, 0.5) is 5.69 Å². The quantitative estimate of drug-likeness (QED) is 0.555. The smallest absolute Gasteiger partial charge is 0.270 e. The predicted molar refractivity (Wildman–Crippen MR) is 86.7 cm³/mol. The summed E-state index contributed by atoms with van der Waals surface area (Å²) in [4.78, 5) is 12.0. The summed E-state index contributed by atoms with van der Waals surface area (Å²) in [5.74, 6) is 0. The number of nitrogens with two attached hydrogens (primary N) is 1. The van der Waals surface area contributed by atoms with Crippen LogP contribution in [0, 0.1) is 10.1 Å². The minimum absolute atomic E-state index is 0. The highest BCUT2D eigenvalue weighted by Gasteiger charge is 2.23. The first-order valence-corrected chi connectivity index (χ1v) is 7.79. The Morgan fingerprint density at radius 3 is 2.45 bits per heavy atom. The third-order valence-corrected chi connectivity index (χ3v) is 4.52. The van der Waals surface area contributed by atoms with Crippen LogP contribution in [0.5, 0.6) is 0 Å². The van der Waals surface area contributed by atoms with Crippen molar-refractivity contribution in [1.29, 1.82) is 0 Å². The van der Waals surface area contributed by atoms with Crippen molar-refractivity contribution in [2.24, 2.45) is 5.73 Å². The molecule has 1 unspecified atom stereocenters. The summed E-state index contributed by atoms with van der Waals surface area (Å²) in [5.41, 5.74) is 6.12. The van der Waals surface area contributed by atoms with E-state index >= 15 is 0 Å². The Morgan fingerprint density at radius 2 is 2.00 bits per heavy atom. The number of hydrogen-bond donors (Lipinski definition) is 2. The highest BCUT2D eigenvalue weighted by molar-refractivity contribution is 7.89. The van der Waals surface area contributed by atoms with E-state index in [0.717, 1.165) is 6.07 Å². The summed E-state index contributed by atoms with van der Waals surface area (Å²) >= 11 is 0. The van der Waals surface area contributed by atoms with Crippen molar-refractivity contribution in [3.05, 3.63) is 33.9 Å². The van der Waals surface area contributed by atoms with Gasteiger partial charge >= 0.3 is 0 Å². The number of rotatable bonds is 7. The van der Waals surface area contributed by atoms with Crippen molar-refractivity contribution in [3.8, 4) is 0 Å². The fourth-order valence-corrected chi connectivity index (χ4v) is 2.86. The van der Waals surface area contributed by atoms with Crippen molar-refractivity contribution in [2.75, 3.05) is 27.7 Å². The van der Waals surface area contributed by atoms with E-state index in [1.165, 1.54) is 19.2 Å². The van der Waals surface area contributed by atoms with Crippen molar-refractivity contribution < 1.29 is 13.3 Å². The molecule has 1 aromatic carbocycles. The van der Waals surface area contributed by atoms with Gasteiger partial charge in [0.2, 0.25) is 10.0 Å². The van der Waals surface area contributed by atoms with Gasteiger partial charge in [0.25, 0.3) is 5.69 Å². The number of nitrogens with zero attached hydrogens (tertiary/aromatic N) is 2. The predicted octanol–water partition coefficient (Wildman–Crippen LogP) is 0.876. The van der Waals surface area contributed by atoms with Gasteiger partial charge in [-0.2, -0.15) is 0 Å². The fraction of sp³-hybridized carbons (Fsp3) is 0.500. The maximum Gasteiger partial charge on any atom is 0.270 e. The van der Waals surface area contributed by atoms with Crippen molar-refractivity contribution >= 4 is 28.1 Å². The Hall–Kier alpha value is -1.26. The molecule has 0 aromatic heterocycles. The second-order valence-electron chi connectivity index (χ2n) is 4.89. The highest BCUT2D eigenvalue weighted by atomic mass is 35.5. The summed E-state index contributed by atoms with van der Waals surface area (Å²) in [7, 11) is 1.20. The molecule has 8 nitrogen and oxygen atoms in total. The van der Waals surface area contributed by atoms with Crippen LogP contribution in [-0.4, -0.2) is 45.9 Å². The number of nitro benzene ring substituents is 1. The summed E-state index contributed by atoms with van der Waals surface area (Å²) in [5, 5.41) is 10.8. The maximum absolute atomic E-state index is 12.0. The molecular weight excluding hydrogens is 332 g/mol. The Kier molecular flexibility index (Phi) is 7.91. The number of nitro groups is 1. The molecule has 0 fully saturated rings. The molecule has 0 aliphatic rings. The topological polar surface area (TPSA) is 119 Å². The normalized spacial score (nSPS) is 12.8. The van der Waals surface area contributed by atoms with Gasteiger partial charge in [-0.25, -0.2) is 13.1 Å². The van der Waals surface area contributed by atoms with E-state index in [9.17, 15) is 18.5 Å². The lowest BCUT2D eigenvalue weighted by Gasteiger charge is -2.18. The first kappa shape index (κ1) is 20.7. The number of benzene rings is 1. The molecule has 0 spiro atoms. The molecule has 0 heterocycles. The molecule has 0 saturated heterocycles. The standard InChI is InChI=1S/C12H20N4O4S.ClH/c1-14-21(19,20)12-8-9(16(17)18)4-5-10(12)11(13)6-7-15(2)3;/h4-5,8,11,14H,6-7,13H2,1-3H3;1H. The van der Waals surface area contributed by atoms with Crippen molar-refractivity contribution in [2.45, 2.75) is 17.4 Å². The third kappa shape index (κ3) is 5.18. The molecule has 10 heteroatoms. The average Bonchev–Trinajstić information content (AvgIpc) is 2.43.